The first-order chi connectivity index (χ1) is 8.90. The molecule has 4 unspecified atom stereocenters. The normalized spacial score (nSPS) is 29.3. The maximum Gasteiger partial charge on any atom is 0.142 e. The second-order valence-electron chi connectivity index (χ2n) is 5.76. The molecule has 1 fully saturated rings. The van der Waals surface area contributed by atoms with Crippen LogP contribution in [0.2, 0.25) is 5.02 Å². The second-order valence-corrected chi connectivity index (χ2v) is 6.17. The Hall–Kier alpha value is -0.670. The molecule has 0 radical (unpaired) electrons. The Morgan fingerprint density at radius 2 is 1.84 bits per heavy atom. The molecule has 1 aromatic rings. The van der Waals surface area contributed by atoms with Gasteiger partial charge in [0.2, 0.25) is 0 Å². The molecule has 0 amide bonds. The van der Waals surface area contributed by atoms with Gasteiger partial charge in [-0.3, -0.25) is 0 Å². The van der Waals surface area contributed by atoms with Crippen LogP contribution in [0.15, 0.2) is 12.1 Å². The van der Waals surface area contributed by atoms with Crippen molar-refractivity contribution in [2.24, 2.45) is 17.8 Å². The lowest BCUT2D eigenvalue weighted by Gasteiger charge is -2.34. The van der Waals surface area contributed by atoms with Crippen LogP contribution in [0.3, 0.4) is 0 Å². The predicted octanol–water partition coefficient (Wildman–Crippen LogP) is 4.72. The zero-order valence-electron chi connectivity index (χ0n) is 11.2. The first kappa shape index (κ1) is 14.7. The molecule has 0 aromatic heterocycles. The maximum absolute atomic E-state index is 13.8. The van der Waals surface area contributed by atoms with Crippen LogP contribution in [0.25, 0.3) is 0 Å². The quantitative estimate of drug-likeness (QED) is 0.781. The SMILES string of the molecule is CC1CCC(C(O)c2cc(F)c(Cl)cc2F)CC1C. The van der Waals surface area contributed by atoms with Crippen molar-refractivity contribution >= 4 is 11.6 Å². The van der Waals surface area contributed by atoms with Crippen molar-refractivity contribution in [1.82, 2.24) is 0 Å². The highest BCUT2D eigenvalue weighted by Gasteiger charge is 2.31. The lowest BCUT2D eigenvalue weighted by Crippen LogP contribution is -2.25. The minimum Gasteiger partial charge on any atom is -0.388 e. The molecular weight excluding hydrogens is 270 g/mol. The van der Waals surface area contributed by atoms with E-state index in [1.807, 2.05) is 0 Å². The lowest BCUT2D eigenvalue weighted by molar-refractivity contribution is 0.0534. The number of aliphatic hydroxyl groups excluding tert-OH is 1. The predicted molar refractivity (Wildman–Crippen MR) is 72.0 cm³/mol. The van der Waals surface area contributed by atoms with Crippen LogP contribution in [0, 0.1) is 29.4 Å². The molecule has 4 atom stereocenters. The van der Waals surface area contributed by atoms with Gasteiger partial charge in [-0.1, -0.05) is 31.9 Å². The van der Waals surface area contributed by atoms with Crippen LogP contribution >= 0.6 is 11.6 Å². The van der Waals surface area contributed by atoms with Crippen LogP contribution in [0.5, 0.6) is 0 Å². The van der Waals surface area contributed by atoms with Crippen LogP contribution in [-0.2, 0) is 0 Å². The minimum absolute atomic E-state index is 0.0127. The molecule has 0 bridgehead atoms. The highest BCUT2D eigenvalue weighted by atomic mass is 35.5. The molecule has 1 aromatic carbocycles. The largest absolute Gasteiger partial charge is 0.388 e. The topological polar surface area (TPSA) is 20.2 Å². The number of halogens is 3. The van der Waals surface area contributed by atoms with Crippen molar-refractivity contribution in [1.29, 1.82) is 0 Å². The molecule has 0 spiro atoms. The first-order valence-electron chi connectivity index (χ1n) is 6.72. The maximum atomic E-state index is 13.8. The summed E-state index contributed by atoms with van der Waals surface area (Å²) in [7, 11) is 0. The van der Waals surface area contributed by atoms with E-state index in [9.17, 15) is 13.9 Å². The zero-order valence-corrected chi connectivity index (χ0v) is 11.9. The van der Waals surface area contributed by atoms with Crippen molar-refractivity contribution in [3.05, 3.63) is 34.4 Å². The molecule has 0 aliphatic heterocycles. The third-order valence-corrected chi connectivity index (χ3v) is 4.73. The molecule has 19 heavy (non-hydrogen) atoms. The van der Waals surface area contributed by atoms with Crippen LogP contribution in [0.1, 0.15) is 44.8 Å². The minimum atomic E-state index is -0.957. The molecule has 4 heteroatoms. The number of aliphatic hydroxyl groups is 1. The van der Waals surface area contributed by atoms with Gasteiger partial charge in [0, 0.05) is 5.56 Å². The molecule has 1 N–H and O–H groups in total. The van der Waals surface area contributed by atoms with E-state index in [1.165, 1.54) is 0 Å². The van der Waals surface area contributed by atoms with E-state index in [2.05, 4.69) is 13.8 Å². The van der Waals surface area contributed by atoms with E-state index in [4.69, 9.17) is 11.6 Å². The number of benzene rings is 1. The van der Waals surface area contributed by atoms with Crippen molar-refractivity contribution in [2.75, 3.05) is 0 Å². The van der Waals surface area contributed by atoms with Crippen LogP contribution in [-0.4, -0.2) is 5.11 Å². The molecule has 1 saturated carbocycles. The molecule has 2 rings (SSSR count). The van der Waals surface area contributed by atoms with Gasteiger partial charge in [-0.25, -0.2) is 8.78 Å². The van der Waals surface area contributed by atoms with Crippen LogP contribution in [0.4, 0.5) is 8.78 Å². The molecule has 0 heterocycles. The van der Waals surface area contributed by atoms with E-state index in [-0.39, 0.29) is 16.5 Å². The lowest BCUT2D eigenvalue weighted by atomic mass is 9.73. The van der Waals surface area contributed by atoms with E-state index in [0.29, 0.717) is 11.8 Å². The van der Waals surface area contributed by atoms with E-state index >= 15 is 0 Å². The van der Waals surface area contributed by atoms with Gasteiger partial charge in [0.15, 0.2) is 0 Å². The van der Waals surface area contributed by atoms with Crippen molar-refractivity contribution in [2.45, 2.75) is 39.2 Å². The Bertz CT molecular complexity index is 464. The van der Waals surface area contributed by atoms with E-state index in [1.54, 1.807) is 0 Å². The standard InChI is InChI=1S/C15H19ClF2O/c1-8-3-4-10(5-9(8)2)15(19)11-6-14(18)12(16)7-13(11)17/h6-10,15,19H,3-5H2,1-2H3. The third kappa shape index (κ3) is 3.09. The summed E-state index contributed by atoms with van der Waals surface area (Å²) in [6.07, 6.45) is 1.74. The molecule has 0 saturated heterocycles. The monoisotopic (exact) mass is 288 g/mol. The molecular formula is C15H19ClF2O. The van der Waals surface area contributed by atoms with Gasteiger partial charge in [0.25, 0.3) is 0 Å². The fraction of sp³-hybridized carbons (Fsp3) is 0.600. The highest BCUT2D eigenvalue weighted by molar-refractivity contribution is 6.30. The fourth-order valence-corrected chi connectivity index (χ4v) is 3.04. The van der Waals surface area contributed by atoms with Crippen LogP contribution < -0.4 is 0 Å². The van der Waals surface area contributed by atoms with Crippen molar-refractivity contribution in [3.8, 4) is 0 Å². The van der Waals surface area contributed by atoms with Gasteiger partial charge in [0.1, 0.15) is 11.6 Å². The third-order valence-electron chi connectivity index (χ3n) is 4.44. The Kier molecular flexibility index (Phi) is 4.46. The van der Waals surface area contributed by atoms with Gasteiger partial charge in [-0.15, -0.1) is 0 Å². The summed E-state index contributed by atoms with van der Waals surface area (Å²) in [5.74, 6) is -0.218. The Morgan fingerprint density at radius 3 is 2.47 bits per heavy atom. The Balaban J connectivity index is 2.20. The van der Waals surface area contributed by atoms with Crippen molar-refractivity contribution in [3.63, 3.8) is 0 Å². The first-order valence-corrected chi connectivity index (χ1v) is 7.10. The Morgan fingerprint density at radius 1 is 1.16 bits per heavy atom. The summed E-state index contributed by atoms with van der Waals surface area (Å²) < 4.78 is 27.2. The zero-order chi connectivity index (χ0) is 14.2. The smallest absolute Gasteiger partial charge is 0.142 e. The van der Waals surface area contributed by atoms with E-state index in [0.717, 1.165) is 31.4 Å². The van der Waals surface area contributed by atoms with Crippen molar-refractivity contribution < 1.29 is 13.9 Å². The van der Waals surface area contributed by atoms with Gasteiger partial charge in [-0.2, -0.15) is 0 Å². The second kappa shape index (κ2) is 5.76. The summed E-state index contributed by atoms with van der Waals surface area (Å²) in [6, 6.07) is 1.95. The van der Waals surface area contributed by atoms with Gasteiger partial charge in [-0.05, 0) is 42.7 Å². The molecule has 1 aliphatic rings. The summed E-state index contributed by atoms with van der Waals surface area (Å²) in [5.41, 5.74) is 0.0219. The summed E-state index contributed by atoms with van der Waals surface area (Å²) in [6.45, 7) is 4.33. The van der Waals surface area contributed by atoms with E-state index < -0.39 is 17.7 Å². The highest BCUT2D eigenvalue weighted by Crippen LogP contribution is 2.40. The van der Waals surface area contributed by atoms with Gasteiger partial charge in [0.05, 0.1) is 11.1 Å². The number of hydrogen-bond acceptors (Lipinski definition) is 1. The van der Waals surface area contributed by atoms with Gasteiger partial charge >= 0.3 is 0 Å². The van der Waals surface area contributed by atoms with Gasteiger partial charge < -0.3 is 5.11 Å². The molecule has 1 aliphatic carbocycles. The number of rotatable bonds is 2. The molecule has 1 nitrogen and oxygen atoms in total. The summed E-state index contributed by atoms with van der Waals surface area (Å²) in [4.78, 5) is 0. The number of hydrogen-bond donors (Lipinski definition) is 1. The Labute approximate surface area is 117 Å². The molecule has 106 valence electrons. The average Bonchev–Trinajstić information content (AvgIpc) is 2.36. The average molecular weight is 289 g/mol. The summed E-state index contributed by atoms with van der Waals surface area (Å²) >= 11 is 5.52. The summed E-state index contributed by atoms with van der Waals surface area (Å²) in [5, 5.41) is 10.0. The fourth-order valence-electron chi connectivity index (χ4n) is 2.89.